The Morgan fingerprint density at radius 3 is 2.72 bits per heavy atom. The maximum atomic E-state index is 12.1. The zero-order valence-electron chi connectivity index (χ0n) is 13.8. The van der Waals surface area contributed by atoms with E-state index in [0.717, 1.165) is 36.2 Å². The first-order valence-corrected chi connectivity index (χ1v) is 7.93. The molecule has 3 N–H and O–H groups in total. The summed E-state index contributed by atoms with van der Waals surface area (Å²) in [5.74, 6) is 0.554. The number of nitrogens with zero attached hydrogens (tertiary/aromatic N) is 4. The van der Waals surface area contributed by atoms with Crippen LogP contribution >= 0.6 is 12.4 Å². The number of halogens is 1. The van der Waals surface area contributed by atoms with Crippen LogP contribution in [-0.2, 0) is 30.6 Å². The third-order valence-corrected chi connectivity index (χ3v) is 3.70. The van der Waals surface area contributed by atoms with Gasteiger partial charge in [0, 0.05) is 18.3 Å². The first-order valence-electron chi connectivity index (χ1n) is 7.93. The van der Waals surface area contributed by atoms with Gasteiger partial charge < -0.3 is 10.7 Å². The number of nitrogens with two attached hydrogens (primary N) is 1. The molecule has 3 rings (SSSR count). The number of benzene rings is 1. The van der Waals surface area contributed by atoms with Gasteiger partial charge in [0.25, 0.3) is 0 Å². The fourth-order valence-corrected chi connectivity index (χ4v) is 2.55. The predicted octanol–water partition coefficient (Wildman–Crippen LogP) is 1.99. The van der Waals surface area contributed by atoms with Crippen LogP contribution in [0.3, 0.4) is 0 Å². The molecule has 3 aromatic rings. The normalized spacial score (nSPS) is 10.4. The van der Waals surface area contributed by atoms with E-state index < -0.39 is 0 Å². The third-order valence-electron chi connectivity index (χ3n) is 3.70. The first-order chi connectivity index (χ1) is 11.7. The topological polar surface area (TPSA) is 102 Å². The summed E-state index contributed by atoms with van der Waals surface area (Å²) in [6, 6.07) is 9.71. The number of rotatable bonds is 8. The number of carbonyl (C=O) groups is 1. The number of nitrogen functional groups attached to an aromatic ring is 1. The number of ketones is 1. The molecule has 0 fully saturated rings. The number of nitrogens with one attached hydrogen (secondary N) is 1. The predicted molar refractivity (Wildman–Crippen MR) is 97.4 cm³/mol. The quantitative estimate of drug-likeness (QED) is 0.639. The average molecular weight is 361 g/mol. The SMILES string of the molecule is Cl.Nc1ncc(CCCc2cn(CC(=O)Cc3ccccc3)nn2)[nH]1. The monoisotopic (exact) mass is 360 g/mol. The maximum absolute atomic E-state index is 12.1. The number of hydrogen-bond donors (Lipinski definition) is 2. The Bertz CT molecular complexity index is 798. The van der Waals surface area contributed by atoms with E-state index in [1.54, 1.807) is 10.9 Å². The standard InChI is InChI=1S/C17H20N6O.ClH/c18-17-19-10-14(20-17)7-4-8-15-11-23(22-21-15)12-16(24)9-13-5-2-1-3-6-13;/h1-3,5-6,10-11H,4,7-9,12H2,(H3,18,19,20);1H. The Balaban J connectivity index is 0.00000225. The summed E-state index contributed by atoms with van der Waals surface area (Å²) in [6.07, 6.45) is 6.56. The lowest BCUT2D eigenvalue weighted by molar-refractivity contribution is -0.119. The van der Waals surface area contributed by atoms with Gasteiger partial charge in [-0.1, -0.05) is 35.5 Å². The molecule has 25 heavy (non-hydrogen) atoms. The van der Waals surface area contributed by atoms with E-state index in [-0.39, 0.29) is 24.7 Å². The molecule has 2 heterocycles. The number of aromatic nitrogens is 5. The molecule has 0 spiro atoms. The summed E-state index contributed by atoms with van der Waals surface area (Å²) in [5, 5.41) is 8.16. The van der Waals surface area contributed by atoms with Crippen molar-refractivity contribution < 1.29 is 4.79 Å². The largest absolute Gasteiger partial charge is 0.369 e. The number of aryl methyl sites for hydroxylation is 2. The van der Waals surface area contributed by atoms with Crippen molar-refractivity contribution in [1.29, 1.82) is 0 Å². The van der Waals surface area contributed by atoms with Gasteiger partial charge in [0.2, 0.25) is 0 Å². The number of anilines is 1. The number of Topliss-reactive ketones (excluding diaryl/α,β-unsaturated/α-hetero) is 1. The van der Waals surface area contributed by atoms with E-state index in [0.29, 0.717) is 12.4 Å². The molecule has 1 aromatic carbocycles. The highest BCUT2D eigenvalue weighted by molar-refractivity contribution is 5.85. The third kappa shape index (κ3) is 5.72. The maximum Gasteiger partial charge on any atom is 0.197 e. The molecular weight excluding hydrogens is 340 g/mol. The van der Waals surface area contributed by atoms with E-state index in [2.05, 4.69) is 20.3 Å². The van der Waals surface area contributed by atoms with Crippen molar-refractivity contribution >= 4 is 24.1 Å². The van der Waals surface area contributed by atoms with Crippen LogP contribution in [0.15, 0.2) is 42.7 Å². The molecule has 2 aromatic heterocycles. The van der Waals surface area contributed by atoms with Gasteiger partial charge in [-0.15, -0.1) is 17.5 Å². The van der Waals surface area contributed by atoms with Crippen LogP contribution < -0.4 is 5.73 Å². The molecule has 132 valence electrons. The van der Waals surface area contributed by atoms with Crippen molar-refractivity contribution in [2.75, 3.05) is 5.73 Å². The van der Waals surface area contributed by atoms with Gasteiger partial charge in [-0.3, -0.25) is 4.79 Å². The van der Waals surface area contributed by atoms with Crippen molar-refractivity contribution in [2.45, 2.75) is 32.2 Å². The van der Waals surface area contributed by atoms with Crippen molar-refractivity contribution in [1.82, 2.24) is 25.0 Å². The van der Waals surface area contributed by atoms with Crippen molar-refractivity contribution in [3.63, 3.8) is 0 Å². The minimum absolute atomic E-state index is 0. The zero-order valence-corrected chi connectivity index (χ0v) is 14.6. The number of H-pyrrole nitrogens is 1. The second kappa shape index (κ2) is 8.98. The minimum Gasteiger partial charge on any atom is -0.369 e. The smallest absolute Gasteiger partial charge is 0.197 e. The minimum atomic E-state index is 0. The van der Waals surface area contributed by atoms with Gasteiger partial charge in [0.15, 0.2) is 11.7 Å². The van der Waals surface area contributed by atoms with Gasteiger partial charge in [-0.25, -0.2) is 9.67 Å². The second-order valence-corrected chi connectivity index (χ2v) is 5.76. The molecule has 0 saturated carbocycles. The fraction of sp³-hybridized carbons (Fsp3) is 0.294. The van der Waals surface area contributed by atoms with Crippen LogP contribution in [-0.4, -0.2) is 30.7 Å². The van der Waals surface area contributed by atoms with Gasteiger partial charge in [-0.2, -0.15) is 0 Å². The second-order valence-electron chi connectivity index (χ2n) is 5.76. The number of hydrogen-bond acceptors (Lipinski definition) is 5. The summed E-state index contributed by atoms with van der Waals surface area (Å²) < 4.78 is 1.61. The van der Waals surface area contributed by atoms with Crippen LogP contribution in [0.1, 0.15) is 23.4 Å². The Labute approximate surface area is 152 Å². The van der Waals surface area contributed by atoms with Crippen LogP contribution in [0, 0.1) is 0 Å². The van der Waals surface area contributed by atoms with Crippen LogP contribution in [0.2, 0.25) is 0 Å². The zero-order chi connectivity index (χ0) is 16.8. The molecule has 0 unspecified atom stereocenters. The molecular formula is C17H21ClN6O. The highest BCUT2D eigenvalue weighted by Gasteiger charge is 2.08. The number of carbonyl (C=O) groups excluding carboxylic acids is 1. The lowest BCUT2D eigenvalue weighted by Gasteiger charge is -2.00. The molecule has 0 saturated heterocycles. The Morgan fingerprint density at radius 1 is 1.20 bits per heavy atom. The Morgan fingerprint density at radius 2 is 2.00 bits per heavy atom. The van der Waals surface area contributed by atoms with Crippen LogP contribution in [0.5, 0.6) is 0 Å². The molecule has 0 radical (unpaired) electrons. The summed E-state index contributed by atoms with van der Waals surface area (Å²) in [5.41, 5.74) is 8.45. The molecule has 0 atom stereocenters. The summed E-state index contributed by atoms with van der Waals surface area (Å²) in [4.78, 5) is 19.0. The van der Waals surface area contributed by atoms with Gasteiger partial charge >= 0.3 is 0 Å². The van der Waals surface area contributed by atoms with Crippen molar-refractivity contribution in [3.8, 4) is 0 Å². The molecule has 8 heteroatoms. The lowest BCUT2D eigenvalue weighted by Crippen LogP contribution is -2.13. The van der Waals surface area contributed by atoms with E-state index in [1.807, 2.05) is 36.5 Å². The van der Waals surface area contributed by atoms with E-state index >= 15 is 0 Å². The first kappa shape index (κ1) is 18.7. The van der Waals surface area contributed by atoms with Crippen molar-refractivity contribution in [3.05, 3.63) is 59.7 Å². The van der Waals surface area contributed by atoms with Crippen LogP contribution in [0.4, 0.5) is 5.95 Å². The Hall–Kier alpha value is -2.67. The van der Waals surface area contributed by atoms with E-state index in [9.17, 15) is 4.79 Å². The summed E-state index contributed by atoms with van der Waals surface area (Å²) in [6.45, 7) is 0.249. The highest BCUT2D eigenvalue weighted by Crippen LogP contribution is 2.06. The molecule has 0 amide bonds. The van der Waals surface area contributed by atoms with Gasteiger partial charge in [-0.05, 0) is 24.8 Å². The lowest BCUT2D eigenvalue weighted by atomic mass is 10.1. The van der Waals surface area contributed by atoms with Gasteiger partial charge in [0.1, 0.15) is 6.54 Å². The highest BCUT2D eigenvalue weighted by atomic mass is 35.5. The molecule has 7 nitrogen and oxygen atoms in total. The number of aromatic amines is 1. The van der Waals surface area contributed by atoms with Crippen LogP contribution in [0.25, 0.3) is 0 Å². The summed E-state index contributed by atoms with van der Waals surface area (Å²) in [7, 11) is 0. The average Bonchev–Trinajstić information content (AvgIpc) is 3.17. The van der Waals surface area contributed by atoms with Crippen molar-refractivity contribution in [2.24, 2.45) is 0 Å². The molecule has 0 bridgehead atoms. The summed E-state index contributed by atoms with van der Waals surface area (Å²) >= 11 is 0. The molecule has 0 aliphatic rings. The fourth-order valence-electron chi connectivity index (χ4n) is 2.55. The molecule has 0 aliphatic carbocycles. The van der Waals surface area contributed by atoms with Gasteiger partial charge in [0.05, 0.1) is 11.9 Å². The Kier molecular flexibility index (Phi) is 6.71. The number of imidazole rings is 1. The molecule has 0 aliphatic heterocycles. The van der Waals surface area contributed by atoms with E-state index in [4.69, 9.17) is 5.73 Å². The van der Waals surface area contributed by atoms with E-state index in [1.165, 1.54) is 0 Å².